The van der Waals surface area contributed by atoms with Gasteiger partial charge in [-0.2, -0.15) is 13.2 Å². The highest BCUT2D eigenvalue weighted by Crippen LogP contribution is 2.48. The topological polar surface area (TPSA) is 62.8 Å². The van der Waals surface area contributed by atoms with E-state index < -0.39 is 11.7 Å². The van der Waals surface area contributed by atoms with E-state index in [4.69, 9.17) is 15.7 Å². The van der Waals surface area contributed by atoms with E-state index in [0.29, 0.717) is 28.9 Å². The Kier molecular flexibility index (Phi) is 7.56. The van der Waals surface area contributed by atoms with Gasteiger partial charge < -0.3 is 11.1 Å². The molecular weight excluding hydrogens is 509 g/mol. The standard InChI is InChI=1S/C33H43F3N4/c1-18(2)32(14-15-32)40-29(23-8-7-9-23)30(38-6)28(22-10-11-22)27-21(5)19(3)17-26(39-31(27)37)24-12-13-25(20(4)16-24)33(34,35)36/h12-13,16-19,21-22,40H,7-11,14-15H2,1-6H3,(H2,37,39)/b28-27+,38-30?. The van der Waals surface area contributed by atoms with Crippen LogP contribution in [0, 0.1) is 30.6 Å². The summed E-state index contributed by atoms with van der Waals surface area (Å²) in [6.07, 6.45) is 5.61. The Bertz CT molecular complexity index is 1330. The molecule has 4 nitrogen and oxygen atoms in total. The van der Waals surface area contributed by atoms with Crippen molar-refractivity contribution in [1.29, 1.82) is 0 Å². The van der Waals surface area contributed by atoms with Crippen LogP contribution < -0.4 is 11.1 Å². The number of halogens is 3. The zero-order valence-corrected chi connectivity index (χ0v) is 24.7. The van der Waals surface area contributed by atoms with Crippen LogP contribution in [0.4, 0.5) is 13.2 Å². The van der Waals surface area contributed by atoms with Gasteiger partial charge in [0, 0.05) is 23.7 Å². The molecule has 4 aliphatic rings. The van der Waals surface area contributed by atoms with Crippen LogP contribution in [-0.2, 0) is 6.18 Å². The van der Waals surface area contributed by atoms with Gasteiger partial charge in [0.05, 0.1) is 22.7 Å². The lowest BCUT2D eigenvalue weighted by atomic mass is 9.80. The molecule has 2 atom stereocenters. The Morgan fingerprint density at radius 3 is 2.30 bits per heavy atom. The monoisotopic (exact) mass is 552 g/mol. The van der Waals surface area contributed by atoms with E-state index in [1.165, 1.54) is 49.1 Å². The average Bonchev–Trinajstić information content (AvgIpc) is 3.75. The summed E-state index contributed by atoms with van der Waals surface area (Å²) in [5, 5.41) is 4.00. The zero-order chi connectivity index (χ0) is 29.0. The molecule has 0 saturated heterocycles. The molecule has 40 heavy (non-hydrogen) atoms. The van der Waals surface area contributed by atoms with E-state index in [2.05, 4.69) is 39.1 Å². The van der Waals surface area contributed by atoms with Crippen LogP contribution in [0.1, 0.15) is 89.3 Å². The molecule has 1 aliphatic heterocycles. The Hall–Kier alpha value is -2.83. The Labute approximate surface area is 236 Å². The van der Waals surface area contributed by atoms with Crippen molar-refractivity contribution in [2.24, 2.45) is 39.4 Å². The molecule has 0 radical (unpaired) electrons. The van der Waals surface area contributed by atoms with Crippen molar-refractivity contribution >= 4 is 17.2 Å². The van der Waals surface area contributed by atoms with E-state index in [0.717, 1.165) is 43.0 Å². The van der Waals surface area contributed by atoms with Gasteiger partial charge in [-0.1, -0.05) is 39.8 Å². The summed E-state index contributed by atoms with van der Waals surface area (Å²) in [5.74, 6) is 1.53. The van der Waals surface area contributed by atoms with Crippen molar-refractivity contribution in [3.8, 4) is 0 Å². The highest BCUT2D eigenvalue weighted by Gasteiger charge is 2.47. The lowest BCUT2D eigenvalue weighted by Gasteiger charge is -2.32. The van der Waals surface area contributed by atoms with Crippen LogP contribution in [-0.4, -0.2) is 24.1 Å². The van der Waals surface area contributed by atoms with Crippen molar-refractivity contribution in [1.82, 2.24) is 5.32 Å². The van der Waals surface area contributed by atoms with Gasteiger partial charge in [-0.05, 0) is 104 Å². The third-order valence-corrected chi connectivity index (χ3v) is 9.58. The Morgan fingerprint density at radius 1 is 1.15 bits per heavy atom. The zero-order valence-electron chi connectivity index (χ0n) is 24.7. The Morgan fingerprint density at radius 2 is 1.82 bits per heavy atom. The first kappa shape index (κ1) is 28.7. The number of aliphatic imine (C=N–C) groups is 2. The number of nitrogens with zero attached hydrogens (tertiary/aromatic N) is 2. The number of allylic oxidation sites excluding steroid dienone is 3. The fourth-order valence-electron chi connectivity index (χ4n) is 6.23. The fourth-order valence-corrected chi connectivity index (χ4v) is 6.23. The van der Waals surface area contributed by atoms with Crippen LogP contribution >= 0.6 is 0 Å². The SMILES string of the molecule is CN=C(C(NC1(C(C)C)CC1)=C1CCC1)/C(=C1/C(N)=NC(c2ccc(C(F)(F)F)c(C)c2)=CC(C)C1C)C1CC1. The van der Waals surface area contributed by atoms with Crippen LogP contribution in [0.25, 0.3) is 5.70 Å². The summed E-state index contributed by atoms with van der Waals surface area (Å²) in [6, 6.07) is 4.23. The van der Waals surface area contributed by atoms with Gasteiger partial charge in [0.1, 0.15) is 5.84 Å². The molecule has 0 spiro atoms. The molecule has 0 aromatic heterocycles. The molecule has 7 heteroatoms. The lowest BCUT2D eigenvalue weighted by Crippen LogP contribution is -2.40. The van der Waals surface area contributed by atoms with Gasteiger partial charge in [-0.25, -0.2) is 4.99 Å². The first-order valence-electron chi connectivity index (χ1n) is 14.8. The summed E-state index contributed by atoms with van der Waals surface area (Å²) in [7, 11) is 1.89. The predicted octanol–water partition coefficient (Wildman–Crippen LogP) is 7.99. The van der Waals surface area contributed by atoms with Gasteiger partial charge in [0.2, 0.25) is 0 Å². The van der Waals surface area contributed by atoms with Crippen molar-refractivity contribution in [3.63, 3.8) is 0 Å². The predicted molar refractivity (Wildman–Crippen MR) is 158 cm³/mol. The number of aryl methyl sites for hydroxylation is 1. The summed E-state index contributed by atoms with van der Waals surface area (Å²) < 4.78 is 40.2. The summed E-state index contributed by atoms with van der Waals surface area (Å²) in [6.45, 7) is 10.4. The fraction of sp³-hybridized carbons (Fsp3) is 0.576. The number of hydrogen-bond acceptors (Lipinski definition) is 4. The quantitative estimate of drug-likeness (QED) is 0.337. The minimum Gasteiger partial charge on any atom is -0.383 e. The van der Waals surface area contributed by atoms with E-state index in [1.807, 2.05) is 7.05 Å². The van der Waals surface area contributed by atoms with E-state index in [1.54, 1.807) is 6.07 Å². The average molecular weight is 553 g/mol. The normalized spacial score (nSPS) is 26.1. The molecule has 5 rings (SSSR count). The summed E-state index contributed by atoms with van der Waals surface area (Å²) >= 11 is 0. The van der Waals surface area contributed by atoms with E-state index >= 15 is 0 Å². The first-order valence-corrected chi connectivity index (χ1v) is 14.8. The number of benzene rings is 1. The van der Waals surface area contributed by atoms with Gasteiger partial charge in [-0.3, -0.25) is 4.99 Å². The van der Waals surface area contributed by atoms with Crippen LogP contribution in [0.2, 0.25) is 0 Å². The highest BCUT2D eigenvalue weighted by molar-refractivity contribution is 6.18. The van der Waals surface area contributed by atoms with Crippen LogP contribution in [0.15, 0.2) is 56.7 Å². The van der Waals surface area contributed by atoms with Crippen molar-refractivity contribution < 1.29 is 13.2 Å². The van der Waals surface area contributed by atoms with Crippen molar-refractivity contribution in [2.75, 3.05) is 7.05 Å². The molecule has 3 N–H and O–H groups in total. The van der Waals surface area contributed by atoms with Crippen molar-refractivity contribution in [3.05, 3.63) is 63.4 Å². The third-order valence-electron chi connectivity index (χ3n) is 9.58. The maximum Gasteiger partial charge on any atom is 0.416 e. The van der Waals surface area contributed by atoms with Gasteiger partial charge in [-0.15, -0.1) is 0 Å². The number of alkyl halides is 3. The number of rotatable bonds is 7. The summed E-state index contributed by atoms with van der Waals surface area (Å²) in [4.78, 5) is 9.84. The van der Waals surface area contributed by atoms with E-state index in [-0.39, 0.29) is 22.9 Å². The highest BCUT2D eigenvalue weighted by atomic mass is 19.4. The summed E-state index contributed by atoms with van der Waals surface area (Å²) in [5.41, 5.74) is 13.8. The number of nitrogens with one attached hydrogen (secondary N) is 1. The number of amidine groups is 1. The Balaban J connectivity index is 1.60. The molecule has 1 aromatic carbocycles. The molecule has 3 aliphatic carbocycles. The maximum atomic E-state index is 13.4. The number of hydrogen-bond donors (Lipinski definition) is 2. The second-order valence-electron chi connectivity index (χ2n) is 12.7. The van der Waals surface area contributed by atoms with Crippen LogP contribution in [0.3, 0.4) is 0 Å². The molecule has 216 valence electrons. The van der Waals surface area contributed by atoms with E-state index in [9.17, 15) is 13.2 Å². The largest absolute Gasteiger partial charge is 0.416 e. The van der Waals surface area contributed by atoms with Crippen molar-refractivity contribution in [2.45, 2.75) is 91.3 Å². The minimum absolute atomic E-state index is 0.0803. The second kappa shape index (κ2) is 10.5. The third kappa shape index (κ3) is 5.40. The molecular formula is C33H43F3N4. The molecule has 1 aromatic rings. The minimum atomic E-state index is -4.38. The molecule has 3 fully saturated rings. The molecule has 0 amide bonds. The maximum absolute atomic E-state index is 13.4. The number of nitrogens with two attached hydrogens (primary N) is 1. The first-order chi connectivity index (χ1) is 18.9. The molecule has 3 saturated carbocycles. The molecule has 0 bridgehead atoms. The van der Waals surface area contributed by atoms with Gasteiger partial charge in [0.25, 0.3) is 0 Å². The van der Waals surface area contributed by atoms with Gasteiger partial charge in [0.15, 0.2) is 0 Å². The molecule has 2 unspecified atom stereocenters. The van der Waals surface area contributed by atoms with Crippen LogP contribution in [0.5, 0.6) is 0 Å². The molecule has 1 heterocycles. The van der Waals surface area contributed by atoms with Gasteiger partial charge >= 0.3 is 6.18 Å². The second-order valence-corrected chi connectivity index (χ2v) is 12.7. The smallest absolute Gasteiger partial charge is 0.383 e. The lowest BCUT2D eigenvalue weighted by molar-refractivity contribution is -0.138.